The highest BCUT2D eigenvalue weighted by Crippen LogP contribution is 2.37. The molecule has 3 N–H and O–H groups in total. The van der Waals surface area contributed by atoms with Gasteiger partial charge in [-0.15, -0.1) is 0 Å². The predicted octanol–water partition coefficient (Wildman–Crippen LogP) is 2.26. The van der Waals surface area contributed by atoms with Crippen LogP contribution in [-0.2, 0) is 10.0 Å². The first kappa shape index (κ1) is 14.1. The summed E-state index contributed by atoms with van der Waals surface area (Å²) in [6.45, 7) is 0.433. The molecule has 0 aliphatic carbocycles. The molecule has 7 heteroatoms. The van der Waals surface area contributed by atoms with Gasteiger partial charge < -0.3 is 10.7 Å². The third-order valence-electron chi connectivity index (χ3n) is 3.74. The van der Waals surface area contributed by atoms with E-state index in [1.807, 2.05) is 12.1 Å². The maximum Gasteiger partial charge on any atom is 0.245 e. The zero-order valence-corrected chi connectivity index (χ0v) is 12.1. The van der Waals surface area contributed by atoms with Crippen LogP contribution in [0.2, 0.25) is 0 Å². The van der Waals surface area contributed by atoms with E-state index >= 15 is 0 Å². The number of aromatic nitrogens is 1. The number of rotatable bonds is 3. The van der Waals surface area contributed by atoms with Gasteiger partial charge in [0.1, 0.15) is 10.7 Å². The van der Waals surface area contributed by atoms with E-state index < -0.39 is 15.8 Å². The van der Waals surface area contributed by atoms with Crippen LogP contribution in [-0.4, -0.2) is 24.3 Å². The highest BCUT2D eigenvalue weighted by Gasteiger charge is 2.37. The molecule has 0 bridgehead atoms. The monoisotopic (exact) mass is 309 g/mol. The van der Waals surface area contributed by atoms with Gasteiger partial charge in [0.05, 0.1) is 11.7 Å². The summed E-state index contributed by atoms with van der Waals surface area (Å²) < 4.78 is 40.1. The molecule has 21 heavy (non-hydrogen) atoms. The molecule has 1 saturated heterocycles. The number of benzene rings is 1. The van der Waals surface area contributed by atoms with Crippen molar-refractivity contribution in [2.45, 2.75) is 23.8 Å². The molecule has 1 aromatic carbocycles. The topological polar surface area (TPSA) is 79.2 Å². The Hall–Kier alpha value is -1.86. The third-order valence-corrected chi connectivity index (χ3v) is 5.73. The Morgan fingerprint density at radius 2 is 2.14 bits per heavy atom. The molecule has 5 nitrogen and oxygen atoms in total. The maximum absolute atomic E-state index is 13.1. The molecule has 0 amide bonds. The number of nitrogens with two attached hydrogens (primary N) is 1. The highest BCUT2D eigenvalue weighted by molar-refractivity contribution is 7.89. The summed E-state index contributed by atoms with van der Waals surface area (Å²) in [7, 11) is -3.74. The summed E-state index contributed by atoms with van der Waals surface area (Å²) in [4.78, 5) is 3.02. The van der Waals surface area contributed by atoms with Crippen molar-refractivity contribution in [2.24, 2.45) is 0 Å². The van der Waals surface area contributed by atoms with Gasteiger partial charge in [-0.1, -0.05) is 0 Å². The smallest absolute Gasteiger partial charge is 0.245 e. The molecule has 2 heterocycles. The molecule has 0 radical (unpaired) electrons. The number of aromatic amines is 1. The Kier molecular flexibility index (Phi) is 3.46. The van der Waals surface area contributed by atoms with Crippen LogP contribution in [0.1, 0.15) is 24.6 Å². The fraction of sp³-hybridized carbons (Fsp3) is 0.286. The molecule has 1 fully saturated rings. The van der Waals surface area contributed by atoms with Crippen molar-refractivity contribution in [1.82, 2.24) is 9.29 Å². The normalized spacial score (nSPS) is 20.0. The Morgan fingerprint density at radius 3 is 2.81 bits per heavy atom. The van der Waals surface area contributed by atoms with Gasteiger partial charge in [0.15, 0.2) is 0 Å². The molecule has 1 aliphatic heterocycles. The van der Waals surface area contributed by atoms with Crippen molar-refractivity contribution in [2.75, 3.05) is 12.3 Å². The van der Waals surface area contributed by atoms with Gasteiger partial charge in [0.2, 0.25) is 10.0 Å². The van der Waals surface area contributed by atoms with Crippen LogP contribution in [0.4, 0.5) is 10.1 Å². The van der Waals surface area contributed by atoms with Gasteiger partial charge in [-0.2, -0.15) is 4.31 Å². The molecule has 0 saturated carbocycles. The van der Waals surface area contributed by atoms with Gasteiger partial charge in [0.25, 0.3) is 0 Å². The zero-order valence-electron chi connectivity index (χ0n) is 11.3. The second kappa shape index (κ2) is 5.16. The van der Waals surface area contributed by atoms with Crippen LogP contribution < -0.4 is 5.73 Å². The summed E-state index contributed by atoms with van der Waals surface area (Å²) in [6, 6.07) is 6.85. The molecular formula is C14H16FN3O2S. The predicted molar refractivity (Wildman–Crippen MR) is 77.5 cm³/mol. The first-order valence-electron chi connectivity index (χ1n) is 6.70. The third kappa shape index (κ3) is 2.43. The van der Waals surface area contributed by atoms with E-state index in [1.165, 1.54) is 10.4 Å². The van der Waals surface area contributed by atoms with Crippen LogP contribution in [0.3, 0.4) is 0 Å². The fourth-order valence-corrected chi connectivity index (χ4v) is 4.54. The lowest BCUT2D eigenvalue weighted by molar-refractivity contribution is 0.391. The summed E-state index contributed by atoms with van der Waals surface area (Å²) in [5, 5.41) is 0. The lowest BCUT2D eigenvalue weighted by Gasteiger charge is -2.24. The van der Waals surface area contributed by atoms with Crippen LogP contribution in [0.5, 0.6) is 0 Å². The van der Waals surface area contributed by atoms with Crippen molar-refractivity contribution in [3.05, 3.63) is 48.0 Å². The lowest BCUT2D eigenvalue weighted by Crippen LogP contribution is -2.31. The van der Waals surface area contributed by atoms with E-state index in [0.717, 1.165) is 30.7 Å². The molecule has 0 spiro atoms. The fourth-order valence-electron chi connectivity index (χ4n) is 2.77. The SMILES string of the molecule is Nc1cc(F)ccc1S(=O)(=O)N1CCCC1c1ccc[nH]1. The number of hydrogen-bond donors (Lipinski definition) is 2. The van der Waals surface area contributed by atoms with E-state index in [-0.39, 0.29) is 16.6 Å². The number of halogens is 1. The average molecular weight is 309 g/mol. The first-order valence-corrected chi connectivity index (χ1v) is 8.14. The van der Waals surface area contributed by atoms with Gasteiger partial charge in [-0.05, 0) is 43.2 Å². The second-order valence-electron chi connectivity index (χ2n) is 5.08. The van der Waals surface area contributed by atoms with E-state index in [9.17, 15) is 12.8 Å². The minimum Gasteiger partial charge on any atom is -0.398 e. The average Bonchev–Trinajstić information content (AvgIpc) is 3.09. The Morgan fingerprint density at radius 1 is 1.33 bits per heavy atom. The van der Waals surface area contributed by atoms with Crippen molar-refractivity contribution >= 4 is 15.7 Å². The van der Waals surface area contributed by atoms with Crippen molar-refractivity contribution in [3.63, 3.8) is 0 Å². The van der Waals surface area contributed by atoms with Crippen molar-refractivity contribution in [3.8, 4) is 0 Å². The zero-order chi connectivity index (χ0) is 15.0. The maximum atomic E-state index is 13.1. The van der Waals surface area contributed by atoms with Crippen molar-refractivity contribution in [1.29, 1.82) is 0 Å². The second-order valence-corrected chi connectivity index (χ2v) is 6.94. The molecule has 1 aromatic heterocycles. The molecular weight excluding hydrogens is 293 g/mol. The number of nitrogen functional groups attached to an aromatic ring is 1. The van der Waals surface area contributed by atoms with Gasteiger partial charge in [0, 0.05) is 18.4 Å². The molecule has 1 unspecified atom stereocenters. The minimum absolute atomic E-state index is 0.0395. The van der Waals surface area contributed by atoms with Crippen LogP contribution >= 0.6 is 0 Å². The number of H-pyrrole nitrogens is 1. The van der Waals surface area contributed by atoms with E-state index in [2.05, 4.69) is 4.98 Å². The Balaban J connectivity index is 2.01. The number of anilines is 1. The minimum atomic E-state index is -3.74. The molecule has 2 aromatic rings. The number of nitrogens with zero attached hydrogens (tertiary/aromatic N) is 1. The summed E-state index contributed by atoms with van der Waals surface area (Å²) in [5.41, 5.74) is 6.48. The largest absolute Gasteiger partial charge is 0.398 e. The Labute approximate surface area is 122 Å². The highest BCUT2D eigenvalue weighted by atomic mass is 32.2. The molecule has 112 valence electrons. The van der Waals surface area contributed by atoms with E-state index in [0.29, 0.717) is 6.54 Å². The van der Waals surface area contributed by atoms with Gasteiger partial charge in [-0.3, -0.25) is 0 Å². The number of hydrogen-bond acceptors (Lipinski definition) is 3. The number of nitrogens with one attached hydrogen (secondary N) is 1. The van der Waals surface area contributed by atoms with Crippen molar-refractivity contribution < 1.29 is 12.8 Å². The lowest BCUT2D eigenvalue weighted by atomic mass is 10.2. The van der Waals surface area contributed by atoms with Crippen LogP contribution in [0.15, 0.2) is 41.4 Å². The standard InChI is InChI=1S/C14H16FN3O2S/c15-10-5-6-14(11(16)9-10)21(19,20)18-8-2-4-13(18)12-3-1-7-17-12/h1,3,5-7,9,13,17H,2,4,8,16H2. The molecule has 3 rings (SSSR count). The van der Waals surface area contributed by atoms with E-state index in [4.69, 9.17) is 5.73 Å². The van der Waals surface area contributed by atoms with Crippen LogP contribution in [0.25, 0.3) is 0 Å². The van der Waals surface area contributed by atoms with E-state index in [1.54, 1.807) is 6.20 Å². The summed E-state index contributed by atoms with van der Waals surface area (Å²) in [6.07, 6.45) is 3.30. The first-order chi connectivity index (χ1) is 10.00. The Bertz CT molecular complexity index is 744. The van der Waals surface area contributed by atoms with Gasteiger partial charge >= 0.3 is 0 Å². The molecule has 1 aliphatic rings. The quantitative estimate of drug-likeness (QED) is 0.854. The number of sulfonamides is 1. The summed E-state index contributed by atoms with van der Waals surface area (Å²) in [5.74, 6) is -0.547. The van der Waals surface area contributed by atoms with Crippen LogP contribution in [0, 0.1) is 5.82 Å². The van der Waals surface area contributed by atoms with Gasteiger partial charge in [-0.25, -0.2) is 12.8 Å². The summed E-state index contributed by atoms with van der Waals surface area (Å²) >= 11 is 0. The molecule has 1 atom stereocenters.